The van der Waals surface area contributed by atoms with E-state index >= 15 is 0 Å². The summed E-state index contributed by atoms with van der Waals surface area (Å²) in [5, 5.41) is 19.5. The van der Waals surface area contributed by atoms with Crippen LogP contribution in [-0.4, -0.2) is 23.2 Å². The van der Waals surface area contributed by atoms with E-state index in [0.717, 1.165) is 5.56 Å². The quantitative estimate of drug-likeness (QED) is 0.585. The minimum atomic E-state index is -0.443. The summed E-state index contributed by atoms with van der Waals surface area (Å²) in [5.74, 6) is 0.660. The number of ether oxygens (including phenoxy) is 1. The fraction of sp³-hybridized carbons (Fsp3) is 0.400. The molecule has 0 radical (unpaired) electrons. The van der Waals surface area contributed by atoms with Crippen LogP contribution in [0.1, 0.15) is 5.56 Å². The monoisotopic (exact) mass is 209 g/mol. The van der Waals surface area contributed by atoms with E-state index in [1.54, 1.807) is 6.07 Å². The van der Waals surface area contributed by atoms with Crippen molar-refractivity contribution in [2.45, 2.75) is 6.42 Å². The van der Waals surface area contributed by atoms with Crippen LogP contribution in [0.5, 0.6) is 5.75 Å². The molecule has 15 heavy (non-hydrogen) atoms. The molecule has 0 amide bonds. The Morgan fingerprint density at radius 3 is 3.07 bits per heavy atom. The molecular weight excluding hydrogens is 198 g/mol. The first-order valence-corrected chi connectivity index (χ1v) is 4.71. The zero-order valence-corrected chi connectivity index (χ0v) is 8.05. The van der Waals surface area contributed by atoms with Crippen LogP contribution in [0.2, 0.25) is 0 Å². The van der Waals surface area contributed by atoms with Gasteiger partial charge in [-0.15, -0.1) is 0 Å². The topological polar surface area (TPSA) is 72.6 Å². The van der Waals surface area contributed by atoms with Crippen LogP contribution >= 0.6 is 0 Å². The lowest BCUT2D eigenvalue weighted by Gasteiger charge is -2.23. The van der Waals surface area contributed by atoms with E-state index in [0.29, 0.717) is 18.8 Å². The minimum Gasteiger partial charge on any atom is -0.493 e. The second-order valence-electron chi connectivity index (χ2n) is 3.61. The first-order valence-electron chi connectivity index (χ1n) is 4.71. The van der Waals surface area contributed by atoms with Crippen molar-refractivity contribution in [2.24, 2.45) is 5.92 Å². The molecule has 1 heterocycles. The molecule has 1 N–H and O–H groups in total. The van der Waals surface area contributed by atoms with Crippen molar-refractivity contribution in [3.8, 4) is 5.75 Å². The van der Waals surface area contributed by atoms with Gasteiger partial charge in [-0.1, -0.05) is 0 Å². The van der Waals surface area contributed by atoms with Gasteiger partial charge in [0.2, 0.25) is 0 Å². The Morgan fingerprint density at radius 1 is 1.60 bits per heavy atom. The molecule has 0 unspecified atom stereocenters. The molecule has 0 fully saturated rings. The standard InChI is InChI=1S/C10H11NO4/c12-5-7-3-8-1-2-9(11(13)14)4-10(8)15-6-7/h1-2,4,7,12H,3,5-6H2/t7-/m0/s1. The second-order valence-corrected chi connectivity index (χ2v) is 3.61. The lowest BCUT2D eigenvalue weighted by molar-refractivity contribution is -0.385. The smallest absolute Gasteiger partial charge is 0.273 e. The molecule has 1 aromatic carbocycles. The molecule has 5 heteroatoms. The molecule has 0 aliphatic carbocycles. The van der Waals surface area contributed by atoms with Crippen molar-refractivity contribution in [1.82, 2.24) is 0 Å². The van der Waals surface area contributed by atoms with Crippen LogP contribution < -0.4 is 4.74 Å². The van der Waals surface area contributed by atoms with E-state index in [1.807, 2.05) is 0 Å². The Balaban J connectivity index is 2.28. The second kappa shape index (κ2) is 3.86. The zero-order valence-electron chi connectivity index (χ0n) is 8.05. The highest BCUT2D eigenvalue weighted by molar-refractivity contribution is 5.45. The van der Waals surface area contributed by atoms with Crippen molar-refractivity contribution >= 4 is 5.69 Å². The van der Waals surface area contributed by atoms with Gasteiger partial charge in [-0.05, 0) is 18.1 Å². The van der Waals surface area contributed by atoms with Gasteiger partial charge in [0.1, 0.15) is 5.75 Å². The van der Waals surface area contributed by atoms with E-state index in [1.165, 1.54) is 12.1 Å². The number of nitro groups is 1. The third-order valence-corrected chi connectivity index (χ3v) is 2.50. The van der Waals surface area contributed by atoms with Gasteiger partial charge in [0, 0.05) is 18.6 Å². The van der Waals surface area contributed by atoms with Gasteiger partial charge in [0.05, 0.1) is 17.6 Å². The van der Waals surface area contributed by atoms with Crippen LogP contribution in [0.15, 0.2) is 18.2 Å². The van der Waals surface area contributed by atoms with E-state index < -0.39 is 4.92 Å². The molecule has 0 aromatic heterocycles. The van der Waals surface area contributed by atoms with E-state index in [9.17, 15) is 10.1 Å². The van der Waals surface area contributed by atoms with Crippen molar-refractivity contribution in [2.75, 3.05) is 13.2 Å². The molecule has 0 bridgehead atoms. The lowest BCUT2D eigenvalue weighted by Crippen LogP contribution is -2.23. The number of hydrogen-bond acceptors (Lipinski definition) is 4. The molecular formula is C10H11NO4. The van der Waals surface area contributed by atoms with Crippen LogP contribution in [-0.2, 0) is 6.42 Å². The van der Waals surface area contributed by atoms with Crippen molar-refractivity contribution in [3.63, 3.8) is 0 Å². The number of hydrogen-bond donors (Lipinski definition) is 1. The normalized spacial score (nSPS) is 19.1. The van der Waals surface area contributed by atoms with Gasteiger partial charge >= 0.3 is 0 Å². The summed E-state index contributed by atoms with van der Waals surface area (Å²) >= 11 is 0. The number of non-ortho nitro benzene ring substituents is 1. The average molecular weight is 209 g/mol. The number of benzene rings is 1. The predicted octanol–water partition coefficient (Wildman–Crippen LogP) is 1.14. The Bertz CT molecular complexity index is 391. The van der Waals surface area contributed by atoms with Gasteiger partial charge < -0.3 is 9.84 Å². The van der Waals surface area contributed by atoms with Crippen molar-refractivity contribution in [3.05, 3.63) is 33.9 Å². The molecule has 1 aliphatic heterocycles. The maximum atomic E-state index is 10.5. The molecule has 2 rings (SSSR count). The van der Waals surface area contributed by atoms with Gasteiger partial charge in [-0.2, -0.15) is 0 Å². The number of fused-ring (bicyclic) bond motifs is 1. The molecule has 1 aliphatic rings. The third kappa shape index (κ3) is 1.92. The number of aliphatic hydroxyl groups is 1. The highest BCUT2D eigenvalue weighted by Crippen LogP contribution is 2.30. The van der Waals surface area contributed by atoms with Crippen LogP contribution in [0.25, 0.3) is 0 Å². The lowest BCUT2D eigenvalue weighted by atomic mass is 9.97. The number of nitro benzene ring substituents is 1. The Kier molecular flexibility index (Phi) is 2.55. The SMILES string of the molecule is O=[N+]([O-])c1ccc2c(c1)OC[C@H](CO)C2. The van der Waals surface area contributed by atoms with Gasteiger partial charge in [0.25, 0.3) is 5.69 Å². The summed E-state index contributed by atoms with van der Waals surface area (Å²) in [6, 6.07) is 4.58. The summed E-state index contributed by atoms with van der Waals surface area (Å²) in [6.07, 6.45) is 0.712. The van der Waals surface area contributed by atoms with Gasteiger partial charge in [0.15, 0.2) is 0 Å². The predicted molar refractivity (Wildman–Crippen MR) is 52.9 cm³/mol. The van der Waals surface area contributed by atoms with Crippen LogP contribution in [0.3, 0.4) is 0 Å². The average Bonchev–Trinajstić information content (AvgIpc) is 2.27. The first kappa shape index (κ1) is 9.92. The Morgan fingerprint density at radius 2 is 2.40 bits per heavy atom. The molecule has 0 saturated carbocycles. The van der Waals surface area contributed by atoms with Crippen LogP contribution in [0, 0.1) is 16.0 Å². The van der Waals surface area contributed by atoms with E-state index in [-0.39, 0.29) is 18.2 Å². The molecule has 5 nitrogen and oxygen atoms in total. The zero-order chi connectivity index (χ0) is 10.8. The first-order chi connectivity index (χ1) is 7.20. The largest absolute Gasteiger partial charge is 0.493 e. The molecule has 0 spiro atoms. The van der Waals surface area contributed by atoms with Gasteiger partial charge in [-0.3, -0.25) is 10.1 Å². The number of nitrogens with zero attached hydrogens (tertiary/aromatic N) is 1. The number of rotatable bonds is 2. The van der Waals surface area contributed by atoms with E-state index in [2.05, 4.69) is 0 Å². The molecule has 1 aromatic rings. The maximum Gasteiger partial charge on any atom is 0.273 e. The Hall–Kier alpha value is -1.62. The van der Waals surface area contributed by atoms with Crippen LogP contribution in [0.4, 0.5) is 5.69 Å². The summed E-state index contributed by atoms with van der Waals surface area (Å²) in [6.45, 7) is 0.501. The number of aliphatic hydroxyl groups excluding tert-OH is 1. The van der Waals surface area contributed by atoms with Gasteiger partial charge in [-0.25, -0.2) is 0 Å². The molecule has 80 valence electrons. The minimum absolute atomic E-state index is 0.0381. The summed E-state index contributed by atoms with van der Waals surface area (Å²) in [7, 11) is 0. The Labute approximate surface area is 86.4 Å². The highest BCUT2D eigenvalue weighted by atomic mass is 16.6. The fourth-order valence-electron chi connectivity index (χ4n) is 1.65. The van der Waals surface area contributed by atoms with Crippen molar-refractivity contribution in [1.29, 1.82) is 0 Å². The fourth-order valence-corrected chi connectivity index (χ4v) is 1.65. The summed E-state index contributed by atoms with van der Waals surface area (Å²) in [5.41, 5.74) is 0.960. The summed E-state index contributed by atoms with van der Waals surface area (Å²) in [4.78, 5) is 10.1. The maximum absolute atomic E-state index is 10.5. The van der Waals surface area contributed by atoms with E-state index in [4.69, 9.17) is 9.84 Å². The molecule has 1 atom stereocenters. The summed E-state index contributed by atoms with van der Waals surface area (Å²) < 4.78 is 5.35. The highest BCUT2D eigenvalue weighted by Gasteiger charge is 2.21. The van der Waals surface area contributed by atoms with Crippen molar-refractivity contribution < 1.29 is 14.8 Å². The third-order valence-electron chi connectivity index (χ3n) is 2.50. The molecule has 0 saturated heterocycles.